The Bertz CT molecular complexity index is 529. The van der Waals surface area contributed by atoms with Crippen LogP contribution in [0.25, 0.3) is 0 Å². The molecule has 0 bridgehead atoms. The number of nitrogens with two attached hydrogens (primary N) is 1. The maximum atomic E-state index is 11.8. The van der Waals surface area contributed by atoms with Gasteiger partial charge in [-0.05, 0) is 17.7 Å². The summed E-state index contributed by atoms with van der Waals surface area (Å²) < 4.78 is 5.45. The lowest BCUT2D eigenvalue weighted by Gasteiger charge is -2.12. The fourth-order valence-electron chi connectivity index (χ4n) is 1.71. The van der Waals surface area contributed by atoms with Crippen molar-refractivity contribution in [1.82, 2.24) is 0 Å². The van der Waals surface area contributed by atoms with Crippen LogP contribution in [0.4, 0.5) is 5.69 Å². The van der Waals surface area contributed by atoms with Crippen LogP contribution >= 0.6 is 0 Å². The van der Waals surface area contributed by atoms with Crippen molar-refractivity contribution in [3.05, 3.63) is 66.2 Å². The van der Waals surface area contributed by atoms with Crippen molar-refractivity contribution in [3.63, 3.8) is 0 Å². The summed E-state index contributed by atoms with van der Waals surface area (Å²) in [5.41, 5.74) is 7.58. The second kappa shape index (κ2) is 7.43. The van der Waals surface area contributed by atoms with Crippen LogP contribution in [0.5, 0.6) is 0 Å². The van der Waals surface area contributed by atoms with Crippen LogP contribution in [0.1, 0.15) is 5.56 Å². The number of para-hydroxylation sites is 1. The van der Waals surface area contributed by atoms with E-state index in [1.165, 1.54) is 0 Å². The van der Waals surface area contributed by atoms with Gasteiger partial charge in [0.05, 0.1) is 13.2 Å². The van der Waals surface area contributed by atoms with Gasteiger partial charge in [-0.1, -0.05) is 48.5 Å². The Morgan fingerprint density at radius 2 is 1.65 bits per heavy atom. The van der Waals surface area contributed by atoms with E-state index in [2.05, 4.69) is 5.32 Å². The van der Waals surface area contributed by atoms with E-state index in [1.54, 1.807) is 0 Å². The zero-order chi connectivity index (χ0) is 14.2. The first-order chi connectivity index (χ1) is 9.75. The first-order valence-corrected chi connectivity index (χ1v) is 6.49. The van der Waals surface area contributed by atoms with E-state index >= 15 is 0 Å². The quantitative estimate of drug-likeness (QED) is 0.845. The van der Waals surface area contributed by atoms with Crippen LogP contribution in [0.2, 0.25) is 0 Å². The fourth-order valence-corrected chi connectivity index (χ4v) is 1.71. The van der Waals surface area contributed by atoms with Gasteiger partial charge in [0.15, 0.2) is 0 Å². The third-order valence-electron chi connectivity index (χ3n) is 2.79. The Morgan fingerprint density at radius 1 is 1.05 bits per heavy atom. The summed E-state index contributed by atoms with van der Waals surface area (Å²) in [5, 5.41) is 2.75. The van der Waals surface area contributed by atoms with Crippen molar-refractivity contribution in [2.24, 2.45) is 5.73 Å². The lowest BCUT2D eigenvalue weighted by Crippen LogP contribution is -2.39. The van der Waals surface area contributed by atoms with Crippen molar-refractivity contribution in [1.29, 1.82) is 0 Å². The summed E-state index contributed by atoms with van der Waals surface area (Å²) in [6.07, 6.45) is 0. The van der Waals surface area contributed by atoms with Gasteiger partial charge < -0.3 is 15.8 Å². The fraction of sp³-hybridized carbons (Fsp3) is 0.188. The minimum Gasteiger partial charge on any atom is -0.375 e. The van der Waals surface area contributed by atoms with Gasteiger partial charge in [0.1, 0.15) is 6.04 Å². The summed E-state index contributed by atoms with van der Waals surface area (Å²) in [6.45, 7) is 0.640. The van der Waals surface area contributed by atoms with Crippen molar-refractivity contribution < 1.29 is 9.53 Å². The topological polar surface area (TPSA) is 64.3 Å². The van der Waals surface area contributed by atoms with E-state index < -0.39 is 6.04 Å². The van der Waals surface area contributed by atoms with Gasteiger partial charge in [-0.25, -0.2) is 0 Å². The number of ether oxygens (including phenoxy) is 1. The molecule has 0 aliphatic rings. The first-order valence-electron chi connectivity index (χ1n) is 6.49. The Kier molecular flexibility index (Phi) is 5.29. The van der Waals surface area contributed by atoms with Crippen molar-refractivity contribution in [2.45, 2.75) is 12.6 Å². The SMILES string of the molecule is NC(COCc1ccccc1)C(=O)Nc1ccccc1. The van der Waals surface area contributed by atoms with E-state index in [1.807, 2.05) is 60.7 Å². The Balaban J connectivity index is 1.74. The maximum Gasteiger partial charge on any atom is 0.243 e. The van der Waals surface area contributed by atoms with E-state index in [9.17, 15) is 4.79 Å². The van der Waals surface area contributed by atoms with Gasteiger partial charge >= 0.3 is 0 Å². The highest BCUT2D eigenvalue weighted by atomic mass is 16.5. The zero-order valence-corrected chi connectivity index (χ0v) is 11.2. The highest BCUT2D eigenvalue weighted by Crippen LogP contribution is 2.05. The predicted octanol–water partition coefficient (Wildman–Crippen LogP) is 2.17. The van der Waals surface area contributed by atoms with Crippen LogP contribution in [-0.2, 0) is 16.1 Å². The van der Waals surface area contributed by atoms with Gasteiger partial charge in [0.25, 0.3) is 0 Å². The van der Waals surface area contributed by atoms with E-state index in [-0.39, 0.29) is 12.5 Å². The van der Waals surface area contributed by atoms with Gasteiger partial charge in [0.2, 0.25) is 5.91 Å². The maximum absolute atomic E-state index is 11.8. The number of hydrogen-bond donors (Lipinski definition) is 2. The van der Waals surface area contributed by atoms with Crippen molar-refractivity contribution >= 4 is 11.6 Å². The summed E-state index contributed by atoms with van der Waals surface area (Å²) in [5.74, 6) is -0.246. The predicted molar refractivity (Wildman–Crippen MR) is 79.1 cm³/mol. The minimum absolute atomic E-state index is 0.188. The molecule has 0 saturated heterocycles. The molecule has 2 aromatic rings. The number of carbonyl (C=O) groups excluding carboxylic acids is 1. The Hall–Kier alpha value is -2.17. The third kappa shape index (κ3) is 4.50. The van der Waals surface area contributed by atoms with Gasteiger partial charge in [-0.2, -0.15) is 0 Å². The van der Waals surface area contributed by atoms with Crippen LogP contribution in [0.3, 0.4) is 0 Å². The molecule has 0 heterocycles. The average molecular weight is 270 g/mol. The summed E-state index contributed by atoms with van der Waals surface area (Å²) in [6, 6.07) is 18.3. The number of amides is 1. The van der Waals surface area contributed by atoms with Crippen molar-refractivity contribution in [3.8, 4) is 0 Å². The third-order valence-corrected chi connectivity index (χ3v) is 2.79. The molecule has 3 N–H and O–H groups in total. The Labute approximate surface area is 118 Å². The van der Waals surface area contributed by atoms with Crippen LogP contribution < -0.4 is 11.1 Å². The van der Waals surface area contributed by atoms with Crippen LogP contribution in [-0.4, -0.2) is 18.6 Å². The highest BCUT2D eigenvalue weighted by molar-refractivity contribution is 5.94. The number of hydrogen-bond acceptors (Lipinski definition) is 3. The molecule has 0 spiro atoms. The smallest absolute Gasteiger partial charge is 0.243 e. The molecule has 0 radical (unpaired) electrons. The standard InChI is InChI=1S/C16H18N2O2/c17-15(12-20-11-13-7-3-1-4-8-13)16(19)18-14-9-5-2-6-10-14/h1-10,15H,11-12,17H2,(H,18,19). The number of anilines is 1. The molecule has 1 amide bonds. The number of benzene rings is 2. The lowest BCUT2D eigenvalue weighted by molar-refractivity contribution is -0.118. The number of nitrogens with one attached hydrogen (secondary N) is 1. The Morgan fingerprint density at radius 3 is 2.30 bits per heavy atom. The molecule has 1 unspecified atom stereocenters. The molecule has 0 fully saturated rings. The monoisotopic (exact) mass is 270 g/mol. The molecule has 2 rings (SSSR count). The summed E-state index contributed by atoms with van der Waals surface area (Å²) in [7, 11) is 0. The summed E-state index contributed by atoms with van der Waals surface area (Å²) in [4.78, 5) is 11.8. The van der Waals surface area contributed by atoms with E-state index in [4.69, 9.17) is 10.5 Å². The largest absolute Gasteiger partial charge is 0.375 e. The number of carbonyl (C=O) groups is 1. The van der Waals surface area contributed by atoms with Crippen LogP contribution in [0, 0.1) is 0 Å². The molecule has 4 heteroatoms. The second-order valence-electron chi connectivity index (χ2n) is 4.46. The molecule has 0 saturated carbocycles. The molecule has 0 aliphatic heterocycles. The van der Waals surface area contributed by atoms with Gasteiger partial charge in [-0.15, -0.1) is 0 Å². The van der Waals surface area contributed by atoms with E-state index in [0.29, 0.717) is 6.61 Å². The van der Waals surface area contributed by atoms with Gasteiger partial charge in [-0.3, -0.25) is 4.79 Å². The van der Waals surface area contributed by atoms with E-state index in [0.717, 1.165) is 11.3 Å². The molecule has 4 nitrogen and oxygen atoms in total. The molecule has 0 aliphatic carbocycles. The highest BCUT2D eigenvalue weighted by Gasteiger charge is 2.13. The first kappa shape index (κ1) is 14.2. The molecular formula is C16H18N2O2. The normalized spacial score (nSPS) is 11.8. The summed E-state index contributed by atoms with van der Waals surface area (Å²) >= 11 is 0. The molecule has 2 aromatic carbocycles. The second-order valence-corrected chi connectivity index (χ2v) is 4.46. The minimum atomic E-state index is -0.682. The molecule has 104 valence electrons. The zero-order valence-electron chi connectivity index (χ0n) is 11.2. The average Bonchev–Trinajstić information content (AvgIpc) is 2.49. The number of rotatable bonds is 6. The van der Waals surface area contributed by atoms with Crippen molar-refractivity contribution in [2.75, 3.05) is 11.9 Å². The molecule has 20 heavy (non-hydrogen) atoms. The van der Waals surface area contributed by atoms with Crippen LogP contribution in [0.15, 0.2) is 60.7 Å². The molecular weight excluding hydrogens is 252 g/mol. The van der Waals surface area contributed by atoms with Gasteiger partial charge in [0, 0.05) is 5.69 Å². The molecule has 1 atom stereocenters. The molecule has 0 aromatic heterocycles. The lowest BCUT2D eigenvalue weighted by atomic mass is 10.2.